The van der Waals surface area contributed by atoms with Crippen molar-refractivity contribution < 1.29 is 4.79 Å². The Morgan fingerprint density at radius 3 is 2.56 bits per heavy atom. The fraction of sp³-hybridized carbons (Fsp3) is 0.0833. The minimum absolute atomic E-state index is 0.137. The highest BCUT2D eigenvalue weighted by Crippen LogP contribution is 2.09. The molecular weight excluding hydrogens is 204 g/mol. The monoisotopic (exact) mass is 214 g/mol. The summed E-state index contributed by atoms with van der Waals surface area (Å²) in [4.78, 5) is 29.0. The Morgan fingerprint density at radius 2 is 1.94 bits per heavy atom. The second kappa shape index (κ2) is 4.10. The first-order chi connectivity index (χ1) is 7.68. The van der Waals surface area contributed by atoms with Crippen molar-refractivity contribution in [3.63, 3.8) is 0 Å². The number of aromatic nitrogens is 2. The molecule has 4 heteroatoms. The van der Waals surface area contributed by atoms with E-state index in [-0.39, 0.29) is 5.78 Å². The molecule has 1 aromatic carbocycles. The molecule has 0 atom stereocenters. The molecule has 0 fully saturated rings. The number of aromatic amines is 1. The third-order valence-electron chi connectivity index (χ3n) is 2.29. The first-order valence-corrected chi connectivity index (χ1v) is 4.84. The van der Waals surface area contributed by atoms with E-state index in [0.29, 0.717) is 16.8 Å². The Labute approximate surface area is 92.0 Å². The third-order valence-corrected chi connectivity index (χ3v) is 2.29. The van der Waals surface area contributed by atoms with Crippen LogP contribution in [-0.4, -0.2) is 15.8 Å². The molecule has 0 bridgehead atoms. The van der Waals surface area contributed by atoms with Gasteiger partial charge >= 0.3 is 5.69 Å². The SMILES string of the molecule is Cc1[nH]c(=O)ncc1C(=O)c1ccccc1. The predicted octanol–water partition coefficient (Wildman–Crippen LogP) is 1.31. The van der Waals surface area contributed by atoms with Crippen LogP contribution >= 0.6 is 0 Å². The number of H-pyrrole nitrogens is 1. The molecule has 80 valence electrons. The summed E-state index contributed by atoms with van der Waals surface area (Å²) in [7, 11) is 0. The Kier molecular flexibility index (Phi) is 2.64. The molecule has 0 saturated heterocycles. The number of hydrogen-bond donors (Lipinski definition) is 1. The maximum Gasteiger partial charge on any atom is 0.345 e. The van der Waals surface area contributed by atoms with Crippen LogP contribution in [0, 0.1) is 6.92 Å². The molecule has 0 unspecified atom stereocenters. The van der Waals surface area contributed by atoms with Crippen LogP contribution in [0.5, 0.6) is 0 Å². The molecule has 0 aliphatic carbocycles. The van der Waals surface area contributed by atoms with Crippen LogP contribution in [0.25, 0.3) is 0 Å². The molecule has 1 heterocycles. The average molecular weight is 214 g/mol. The van der Waals surface area contributed by atoms with Gasteiger partial charge in [-0.15, -0.1) is 0 Å². The Balaban J connectivity index is 2.46. The van der Waals surface area contributed by atoms with E-state index in [1.54, 1.807) is 31.2 Å². The smallest absolute Gasteiger partial charge is 0.309 e. The molecule has 2 aromatic rings. The Bertz CT molecular complexity index is 573. The van der Waals surface area contributed by atoms with E-state index >= 15 is 0 Å². The zero-order chi connectivity index (χ0) is 11.5. The van der Waals surface area contributed by atoms with Gasteiger partial charge in [0.05, 0.1) is 5.56 Å². The van der Waals surface area contributed by atoms with Gasteiger partial charge in [-0.05, 0) is 6.92 Å². The fourth-order valence-electron chi connectivity index (χ4n) is 1.45. The van der Waals surface area contributed by atoms with Crippen LogP contribution in [0.4, 0.5) is 0 Å². The van der Waals surface area contributed by atoms with Gasteiger partial charge in [0, 0.05) is 17.5 Å². The lowest BCUT2D eigenvalue weighted by molar-refractivity contribution is 0.103. The molecule has 0 aliphatic heterocycles. The number of nitrogens with zero attached hydrogens (tertiary/aromatic N) is 1. The van der Waals surface area contributed by atoms with E-state index in [1.807, 2.05) is 6.07 Å². The molecular formula is C12H10N2O2. The Morgan fingerprint density at radius 1 is 1.25 bits per heavy atom. The van der Waals surface area contributed by atoms with Crippen molar-refractivity contribution in [2.24, 2.45) is 0 Å². The lowest BCUT2D eigenvalue weighted by Gasteiger charge is -2.03. The van der Waals surface area contributed by atoms with E-state index in [2.05, 4.69) is 9.97 Å². The third kappa shape index (κ3) is 1.91. The second-order valence-electron chi connectivity index (χ2n) is 3.42. The normalized spacial score (nSPS) is 10.1. The summed E-state index contributed by atoms with van der Waals surface area (Å²) in [5.41, 5.74) is 1.10. The first-order valence-electron chi connectivity index (χ1n) is 4.84. The van der Waals surface area contributed by atoms with Crippen LogP contribution < -0.4 is 5.69 Å². The summed E-state index contributed by atoms with van der Waals surface area (Å²) in [6.07, 6.45) is 1.31. The summed E-state index contributed by atoms with van der Waals surface area (Å²) >= 11 is 0. The molecule has 0 saturated carbocycles. The van der Waals surface area contributed by atoms with Crippen LogP contribution in [0.3, 0.4) is 0 Å². The average Bonchev–Trinajstić information content (AvgIpc) is 2.29. The van der Waals surface area contributed by atoms with Gasteiger partial charge < -0.3 is 4.98 Å². The first kappa shape index (κ1) is 10.3. The van der Waals surface area contributed by atoms with Crippen molar-refractivity contribution in [3.05, 3.63) is 63.8 Å². The van der Waals surface area contributed by atoms with Crippen LogP contribution in [0.1, 0.15) is 21.6 Å². The van der Waals surface area contributed by atoms with Crippen LogP contribution in [-0.2, 0) is 0 Å². The van der Waals surface area contributed by atoms with Crippen molar-refractivity contribution in [2.45, 2.75) is 6.92 Å². The van der Waals surface area contributed by atoms with Gasteiger partial charge in [0.15, 0.2) is 5.78 Å². The van der Waals surface area contributed by atoms with E-state index in [9.17, 15) is 9.59 Å². The highest BCUT2D eigenvalue weighted by atomic mass is 16.1. The standard InChI is InChI=1S/C12H10N2O2/c1-8-10(7-13-12(16)14-8)11(15)9-5-3-2-4-6-9/h2-7H,1H3,(H,13,14,16). The van der Waals surface area contributed by atoms with E-state index < -0.39 is 5.69 Å². The number of aryl methyl sites for hydroxylation is 1. The summed E-state index contributed by atoms with van der Waals surface area (Å²) < 4.78 is 0. The fourth-order valence-corrected chi connectivity index (χ4v) is 1.45. The van der Waals surface area contributed by atoms with Gasteiger partial charge in [0.25, 0.3) is 0 Å². The number of ketones is 1. The summed E-state index contributed by atoms with van der Waals surface area (Å²) in [6, 6.07) is 8.89. The van der Waals surface area contributed by atoms with Crippen molar-refractivity contribution in [1.82, 2.24) is 9.97 Å². The summed E-state index contributed by atoms with van der Waals surface area (Å²) in [5.74, 6) is -0.137. The topological polar surface area (TPSA) is 62.8 Å². The molecule has 1 aromatic heterocycles. The quantitative estimate of drug-likeness (QED) is 0.766. The molecule has 4 nitrogen and oxygen atoms in total. The van der Waals surface area contributed by atoms with Gasteiger partial charge in [-0.2, -0.15) is 0 Å². The minimum Gasteiger partial charge on any atom is -0.309 e. The Hall–Kier alpha value is -2.23. The molecule has 16 heavy (non-hydrogen) atoms. The number of rotatable bonds is 2. The number of carbonyl (C=O) groups is 1. The molecule has 0 spiro atoms. The van der Waals surface area contributed by atoms with Crippen molar-refractivity contribution in [1.29, 1.82) is 0 Å². The van der Waals surface area contributed by atoms with Gasteiger partial charge in [-0.25, -0.2) is 9.78 Å². The lowest BCUT2D eigenvalue weighted by atomic mass is 10.0. The summed E-state index contributed by atoms with van der Waals surface area (Å²) in [6.45, 7) is 1.68. The van der Waals surface area contributed by atoms with Crippen molar-refractivity contribution in [3.8, 4) is 0 Å². The van der Waals surface area contributed by atoms with Crippen LogP contribution in [0.2, 0.25) is 0 Å². The summed E-state index contributed by atoms with van der Waals surface area (Å²) in [5, 5.41) is 0. The van der Waals surface area contributed by atoms with Gasteiger partial charge in [-0.1, -0.05) is 30.3 Å². The van der Waals surface area contributed by atoms with Gasteiger partial charge in [0.1, 0.15) is 0 Å². The second-order valence-corrected chi connectivity index (χ2v) is 3.42. The molecule has 0 aliphatic rings. The highest BCUT2D eigenvalue weighted by Gasteiger charge is 2.11. The van der Waals surface area contributed by atoms with Crippen molar-refractivity contribution >= 4 is 5.78 Å². The lowest BCUT2D eigenvalue weighted by Crippen LogP contribution is -2.15. The zero-order valence-corrected chi connectivity index (χ0v) is 8.73. The maximum absolute atomic E-state index is 12.0. The number of carbonyl (C=O) groups excluding carboxylic acids is 1. The van der Waals surface area contributed by atoms with E-state index in [4.69, 9.17) is 0 Å². The molecule has 0 radical (unpaired) electrons. The van der Waals surface area contributed by atoms with Gasteiger partial charge in [0.2, 0.25) is 0 Å². The van der Waals surface area contributed by atoms with Crippen LogP contribution in [0.15, 0.2) is 41.3 Å². The molecule has 1 N–H and O–H groups in total. The van der Waals surface area contributed by atoms with Gasteiger partial charge in [-0.3, -0.25) is 4.79 Å². The zero-order valence-electron chi connectivity index (χ0n) is 8.73. The number of benzene rings is 1. The largest absolute Gasteiger partial charge is 0.345 e. The number of hydrogen-bond acceptors (Lipinski definition) is 3. The molecule has 0 amide bonds. The van der Waals surface area contributed by atoms with Crippen molar-refractivity contribution in [2.75, 3.05) is 0 Å². The van der Waals surface area contributed by atoms with E-state index in [1.165, 1.54) is 6.20 Å². The number of nitrogens with one attached hydrogen (secondary N) is 1. The molecule has 2 rings (SSSR count). The minimum atomic E-state index is -0.442. The van der Waals surface area contributed by atoms with E-state index in [0.717, 1.165) is 0 Å². The predicted molar refractivity (Wildman–Crippen MR) is 59.5 cm³/mol. The highest BCUT2D eigenvalue weighted by molar-refractivity contribution is 6.09. The maximum atomic E-state index is 12.0.